The zero-order valence-corrected chi connectivity index (χ0v) is 36.2. The topological polar surface area (TPSA) is 40.6 Å². The molecule has 0 amide bonds. The van der Waals surface area contributed by atoms with Crippen LogP contribution in [0.4, 0.5) is 0 Å². The van der Waals surface area contributed by atoms with Crippen LogP contribution in [-0.2, 0) is 0 Å². The van der Waals surface area contributed by atoms with Gasteiger partial charge in [-0.05, 0) is 84.4 Å². The minimum absolute atomic E-state index is 0.861. The minimum atomic E-state index is 0.861. The molecule has 0 unspecified atom stereocenters. The first-order chi connectivity index (χ1) is 31.7. The summed E-state index contributed by atoms with van der Waals surface area (Å²) < 4.78 is 7.16. The Morgan fingerprint density at radius 3 is 1.58 bits per heavy atom. The molecule has 0 fully saturated rings. The number of benzene rings is 8. The second-order valence-corrected chi connectivity index (χ2v) is 15.4. The summed E-state index contributed by atoms with van der Waals surface area (Å²) in [5.74, 6) is 0.861. The average Bonchev–Trinajstić information content (AvgIpc) is 4.03. The lowest BCUT2D eigenvalue weighted by Crippen LogP contribution is -2.01. The Morgan fingerprint density at radius 2 is 0.969 bits per heavy atom. The van der Waals surface area contributed by atoms with Crippen LogP contribution in [0.15, 0.2) is 225 Å². The summed E-state index contributed by atoms with van der Waals surface area (Å²) in [4.78, 5) is 9.96. The Balaban J connectivity index is 0.000000495. The third-order valence-corrected chi connectivity index (χ3v) is 11.8. The van der Waals surface area contributed by atoms with Crippen molar-refractivity contribution < 1.29 is 0 Å². The number of aromatic nitrogens is 5. The van der Waals surface area contributed by atoms with Crippen molar-refractivity contribution in [1.82, 2.24) is 23.7 Å². The van der Waals surface area contributed by atoms with E-state index in [0.717, 1.165) is 50.4 Å². The summed E-state index contributed by atoms with van der Waals surface area (Å²) in [6.07, 6.45) is 13.2. The molecule has 0 N–H and O–H groups in total. The quantitative estimate of drug-likeness (QED) is 0.124. The fraction of sp³-hybridized carbons (Fsp3) is 0.0508. The first kappa shape index (κ1) is 39.8. The molecule has 64 heavy (non-hydrogen) atoms. The summed E-state index contributed by atoms with van der Waals surface area (Å²) in [6, 6.07) is 63.3. The zero-order valence-electron chi connectivity index (χ0n) is 36.2. The summed E-state index contributed by atoms with van der Waals surface area (Å²) in [5, 5.41) is 9.61. The second kappa shape index (κ2) is 17.2. The highest BCUT2D eigenvalue weighted by Crippen LogP contribution is 2.42. The fourth-order valence-corrected chi connectivity index (χ4v) is 9.23. The van der Waals surface area contributed by atoms with E-state index in [-0.39, 0.29) is 0 Å². The molecule has 0 saturated heterocycles. The highest BCUT2D eigenvalue weighted by molar-refractivity contribution is 6.24. The summed E-state index contributed by atoms with van der Waals surface area (Å²) >= 11 is 0. The van der Waals surface area contributed by atoms with E-state index in [1.54, 1.807) is 6.08 Å². The van der Waals surface area contributed by atoms with Gasteiger partial charge in [-0.2, -0.15) is 0 Å². The van der Waals surface area contributed by atoms with Crippen LogP contribution >= 0.6 is 0 Å². The molecule has 8 aromatic carbocycles. The maximum Gasteiger partial charge on any atom is 0.147 e. The van der Waals surface area contributed by atoms with E-state index in [1.807, 2.05) is 63.5 Å². The van der Waals surface area contributed by atoms with E-state index in [4.69, 9.17) is 4.98 Å². The van der Waals surface area contributed by atoms with Crippen molar-refractivity contribution in [3.8, 4) is 28.5 Å². The number of pyridine rings is 1. The van der Waals surface area contributed by atoms with Gasteiger partial charge in [0.1, 0.15) is 5.82 Å². The number of hydrogen-bond acceptors (Lipinski definition) is 2. The third-order valence-electron chi connectivity index (χ3n) is 11.8. The van der Waals surface area contributed by atoms with Crippen molar-refractivity contribution in [2.24, 2.45) is 0 Å². The molecule has 0 aliphatic carbocycles. The van der Waals surface area contributed by atoms with E-state index in [1.165, 1.54) is 54.3 Å². The van der Waals surface area contributed by atoms with Crippen LogP contribution < -0.4 is 0 Å². The van der Waals surface area contributed by atoms with Crippen LogP contribution in [-0.4, -0.2) is 23.7 Å². The molecule has 4 aromatic heterocycles. The van der Waals surface area contributed by atoms with Gasteiger partial charge in [0.15, 0.2) is 0 Å². The maximum atomic E-state index is 5.43. The molecular formula is C59H47N5. The van der Waals surface area contributed by atoms with Crippen molar-refractivity contribution in [1.29, 1.82) is 0 Å². The third kappa shape index (κ3) is 6.66. The summed E-state index contributed by atoms with van der Waals surface area (Å²) in [5.41, 5.74) is 11.0. The van der Waals surface area contributed by atoms with Gasteiger partial charge in [0.05, 0.1) is 33.1 Å². The molecule has 0 aliphatic heterocycles. The molecule has 0 bridgehead atoms. The lowest BCUT2D eigenvalue weighted by molar-refractivity contribution is 1.08. The molecule has 12 rings (SSSR count). The fourth-order valence-electron chi connectivity index (χ4n) is 9.23. The maximum absolute atomic E-state index is 5.43. The largest absolute Gasteiger partial charge is 0.309 e. The van der Waals surface area contributed by atoms with E-state index in [0.29, 0.717) is 0 Å². The van der Waals surface area contributed by atoms with Gasteiger partial charge < -0.3 is 9.13 Å². The van der Waals surface area contributed by atoms with E-state index in [9.17, 15) is 0 Å². The Labute approximate surface area is 372 Å². The predicted octanol–water partition coefficient (Wildman–Crippen LogP) is 15.9. The second-order valence-electron chi connectivity index (χ2n) is 15.4. The summed E-state index contributed by atoms with van der Waals surface area (Å²) in [6.45, 7) is 9.49. The number of imidazole rings is 1. The van der Waals surface area contributed by atoms with Gasteiger partial charge in [0.2, 0.25) is 0 Å². The van der Waals surface area contributed by atoms with E-state index >= 15 is 0 Å². The van der Waals surface area contributed by atoms with Crippen LogP contribution in [0.2, 0.25) is 0 Å². The molecule has 0 atom stereocenters. The van der Waals surface area contributed by atoms with Crippen LogP contribution in [0.3, 0.4) is 0 Å². The minimum Gasteiger partial charge on any atom is -0.309 e. The van der Waals surface area contributed by atoms with Gasteiger partial charge in [0, 0.05) is 67.3 Å². The number of rotatable bonds is 6. The van der Waals surface area contributed by atoms with Gasteiger partial charge in [0.25, 0.3) is 0 Å². The molecule has 0 saturated carbocycles. The molecule has 5 heteroatoms. The average molecular weight is 826 g/mol. The van der Waals surface area contributed by atoms with Gasteiger partial charge in [-0.25, -0.2) is 4.98 Å². The van der Waals surface area contributed by atoms with E-state index in [2.05, 4.69) is 195 Å². The number of nitrogens with zero attached hydrogens (tertiary/aromatic N) is 5. The predicted molar refractivity (Wildman–Crippen MR) is 273 cm³/mol. The first-order valence-electron chi connectivity index (χ1n) is 22.0. The molecule has 5 nitrogen and oxygen atoms in total. The van der Waals surface area contributed by atoms with Crippen molar-refractivity contribution in [3.05, 3.63) is 225 Å². The van der Waals surface area contributed by atoms with Gasteiger partial charge in [-0.3, -0.25) is 9.55 Å². The number of allylic oxidation sites excluding steroid dienone is 5. The van der Waals surface area contributed by atoms with Crippen molar-refractivity contribution >= 4 is 76.2 Å². The van der Waals surface area contributed by atoms with E-state index < -0.39 is 0 Å². The molecule has 12 aromatic rings. The standard InChI is InChI=1S/C50H31N5.C7H10.C2H6/c1-2-15-33(16-3-1)53-44-25-10-8-21-38(44)42-30-47-43(29-46(42)53)39-22-9-11-26-45(39)54(47)34-17-12-18-35(28-34)55-49-41-24-7-5-20-37(41)36-19-4-6-23-40(36)48(49)52-50(55)32-14-13-27-51-31-32;1-3-5-7-6-4-2;1-2/h1-31H;3-7H,1H2,2H3;1-2H3/b;6-4-,7-5-;. The van der Waals surface area contributed by atoms with Crippen LogP contribution in [0.25, 0.3) is 105 Å². The van der Waals surface area contributed by atoms with Gasteiger partial charge in [-0.15, -0.1) is 0 Å². The molecule has 0 spiro atoms. The SMILES string of the molecule is C=C/C=C\C=C/C.CC.c1ccc(-n2c3ccccc3c3cc4c(cc32)c2ccccc2n4-c2cccc(-n3c(-c4cccnc4)nc4c5ccccc5c5ccccc5c43)c2)cc1. The van der Waals surface area contributed by atoms with Crippen molar-refractivity contribution in [2.45, 2.75) is 20.8 Å². The molecule has 0 radical (unpaired) electrons. The van der Waals surface area contributed by atoms with Crippen LogP contribution in [0.1, 0.15) is 20.8 Å². The van der Waals surface area contributed by atoms with Crippen molar-refractivity contribution in [3.63, 3.8) is 0 Å². The first-order valence-corrected chi connectivity index (χ1v) is 22.0. The zero-order chi connectivity index (χ0) is 43.6. The highest BCUT2D eigenvalue weighted by atomic mass is 15.1. The van der Waals surface area contributed by atoms with Crippen molar-refractivity contribution in [2.75, 3.05) is 0 Å². The lowest BCUT2D eigenvalue weighted by Gasteiger charge is -2.15. The lowest BCUT2D eigenvalue weighted by atomic mass is 10.00. The Morgan fingerprint density at radius 1 is 0.438 bits per heavy atom. The number of fused-ring (bicyclic) bond motifs is 12. The highest BCUT2D eigenvalue weighted by Gasteiger charge is 2.22. The number of hydrogen-bond donors (Lipinski definition) is 0. The number of para-hydroxylation sites is 3. The monoisotopic (exact) mass is 825 g/mol. The molecule has 0 aliphatic rings. The summed E-state index contributed by atoms with van der Waals surface area (Å²) in [7, 11) is 0. The van der Waals surface area contributed by atoms with Gasteiger partial charge >= 0.3 is 0 Å². The Hall–Kier alpha value is -8.28. The Kier molecular flexibility index (Phi) is 10.7. The Bertz CT molecular complexity index is 3710. The van der Waals surface area contributed by atoms with Crippen LogP contribution in [0.5, 0.6) is 0 Å². The normalized spacial score (nSPS) is 11.6. The smallest absolute Gasteiger partial charge is 0.147 e. The molecule has 308 valence electrons. The van der Waals surface area contributed by atoms with Crippen LogP contribution in [0, 0.1) is 0 Å². The molecular weight excluding hydrogens is 779 g/mol. The van der Waals surface area contributed by atoms with Gasteiger partial charge in [-0.1, -0.05) is 160 Å². The molecule has 4 heterocycles.